The monoisotopic (exact) mass is 252 g/mol. The SMILES string of the molecule is C1CCCCCCN2CCNCC2CCCCC1. The van der Waals surface area contributed by atoms with E-state index in [9.17, 15) is 0 Å². The van der Waals surface area contributed by atoms with Crippen LogP contribution in [0.3, 0.4) is 0 Å². The Bertz CT molecular complexity index is 183. The number of piperazine rings is 1. The smallest absolute Gasteiger partial charge is 0.0221 e. The van der Waals surface area contributed by atoms with Crippen LogP contribution >= 0.6 is 0 Å². The second-order valence-electron chi connectivity index (χ2n) is 6.22. The van der Waals surface area contributed by atoms with Gasteiger partial charge in [0, 0.05) is 25.7 Å². The number of hydrogen-bond donors (Lipinski definition) is 1. The Morgan fingerprint density at radius 2 is 1.28 bits per heavy atom. The third kappa shape index (κ3) is 5.27. The zero-order valence-corrected chi connectivity index (χ0v) is 12.1. The van der Waals surface area contributed by atoms with Crippen LogP contribution < -0.4 is 5.32 Å². The minimum absolute atomic E-state index is 0.835. The summed E-state index contributed by atoms with van der Waals surface area (Å²) in [7, 11) is 0. The molecule has 2 fully saturated rings. The molecule has 0 aromatic heterocycles. The highest BCUT2D eigenvalue weighted by molar-refractivity contribution is 4.79. The van der Waals surface area contributed by atoms with Crippen LogP contribution in [0.15, 0.2) is 0 Å². The lowest BCUT2D eigenvalue weighted by Crippen LogP contribution is -2.51. The summed E-state index contributed by atoms with van der Waals surface area (Å²) in [5, 5.41) is 3.58. The Kier molecular flexibility index (Phi) is 7.11. The predicted octanol–water partition coefficient (Wildman–Crippen LogP) is 3.56. The Morgan fingerprint density at radius 3 is 2.00 bits per heavy atom. The summed E-state index contributed by atoms with van der Waals surface area (Å²) in [4.78, 5) is 2.77. The van der Waals surface area contributed by atoms with Gasteiger partial charge < -0.3 is 5.32 Å². The first-order valence-electron chi connectivity index (χ1n) is 8.41. The molecule has 106 valence electrons. The summed E-state index contributed by atoms with van der Waals surface area (Å²) in [6, 6.07) is 0.835. The van der Waals surface area contributed by atoms with Crippen molar-refractivity contribution in [1.29, 1.82) is 0 Å². The van der Waals surface area contributed by atoms with Crippen molar-refractivity contribution in [3.05, 3.63) is 0 Å². The summed E-state index contributed by atoms with van der Waals surface area (Å²) in [6.45, 7) is 5.08. The first-order valence-corrected chi connectivity index (χ1v) is 8.41. The van der Waals surface area contributed by atoms with E-state index >= 15 is 0 Å². The van der Waals surface area contributed by atoms with E-state index in [-0.39, 0.29) is 0 Å². The van der Waals surface area contributed by atoms with Crippen molar-refractivity contribution in [2.24, 2.45) is 0 Å². The third-order valence-electron chi connectivity index (χ3n) is 4.70. The quantitative estimate of drug-likeness (QED) is 0.709. The molecule has 0 amide bonds. The van der Waals surface area contributed by atoms with Crippen molar-refractivity contribution in [3.8, 4) is 0 Å². The number of fused-ring (bicyclic) bond motifs is 1. The summed E-state index contributed by atoms with van der Waals surface area (Å²) in [5.74, 6) is 0. The molecular weight excluding hydrogens is 220 g/mol. The first kappa shape index (κ1) is 14.3. The fourth-order valence-electron chi connectivity index (χ4n) is 3.49. The molecule has 0 aromatic rings. The molecule has 18 heavy (non-hydrogen) atoms. The molecule has 2 aliphatic rings. The van der Waals surface area contributed by atoms with E-state index in [0.717, 1.165) is 6.04 Å². The Labute approximate surface area is 114 Å². The van der Waals surface area contributed by atoms with Gasteiger partial charge in [-0.15, -0.1) is 0 Å². The second kappa shape index (κ2) is 8.92. The van der Waals surface area contributed by atoms with Crippen molar-refractivity contribution in [1.82, 2.24) is 10.2 Å². The highest BCUT2D eigenvalue weighted by Crippen LogP contribution is 2.17. The molecule has 1 unspecified atom stereocenters. The molecule has 1 atom stereocenters. The van der Waals surface area contributed by atoms with Gasteiger partial charge in [0.1, 0.15) is 0 Å². The van der Waals surface area contributed by atoms with Gasteiger partial charge in [0.15, 0.2) is 0 Å². The van der Waals surface area contributed by atoms with Crippen LogP contribution in [0.25, 0.3) is 0 Å². The van der Waals surface area contributed by atoms with Gasteiger partial charge >= 0.3 is 0 Å². The third-order valence-corrected chi connectivity index (χ3v) is 4.70. The maximum absolute atomic E-state index is 3.58. The number of rotatable bonds is 0. The van der Waals surface area contributed by atoms with E-state index in [4.69, 9.17) is 0 Å². The van der Waals surface area contributed by atoms with E-state index < -0.39 is 0 Å². The maximum Gasteiger partial charge on any atom is 0.0221 e. The predicted molar refractivity (Wildman–Crippen MR) is 79.0 cm³/mol. The largest absolute Gasteiger partial charge is 0.314 e. The van der Waals surface area contributed by atoms with E-state index in [2.05, 4.69) is 10.2 Å². The van der Waals surface area contributed by atoms with Crippen molar-refractivity contribution >= 4 is 0 Å². The van der Waals surface area contributed by atoms with Crippen molar-refractivity contribution < 1.29 is 0 Å². The minimum atomic E-state index is 0.835. The molecule has 0 aliphatic carbocycles. The number of nitrogens with zero attached hydrogens (tertiary/aromatic N) is 1. The molecule has 2 nitrogen and oxygen atoms in total. The lowest BCUT2D eigenvalue weighted by Gasteiger charge is -2.36. The average molecular weight is 252 g/mol. The summed E-state index contributed by atoms with van der Waals surface area (Å²) < 4.78 is 0. The molecule has 2 saturated heterocycles. The molecule has 0 aromatic carbocycles. The van der Waals surface area contributed by atoms with Gasteiger partial charge in [-0.1, -0.05) is 57.8 Å². The van der Waals surface area contributed by atoms with Gasteiger partial charge in [-0.05, 0) is 19.4 Å². The summed E-state index contributed by atoms with van der Waals surface area (Å²) in [6.07, 6.45) is 16.1. The van der Waals surface area contributed by atoms with Crippen LogP contribution in [0.5, 0.6) is 0 Å². The average Bonchev–Trinajstić information content (AvgIpc) is 2.41. The van der Waals surface area contributed by atoms with E-state index in [1.807, 2.05) is 0 Å². The van der Waals surface area contributed by atoms with E-state index in [1.54, 1.807) is 0 Å². The second-order valence-corrected chi connectivity index (χ2v) is 6.22. The zero-order chi connectivity index (χ0) is 12.5. The Hall–Kier alpha value is -0.0800. The molecule has 2 heterocycles. The first-order chi connectivity index (χ1) is 8.97. The van der Waals surface area contributed by atoms with Crippen molar-refractivity contribution in [3.63, 3.8) is 0 Å². The molecule has 2 rings (SSSR count). The van der Waals surface area contributed by atoms with Crippen LogP contribution in [0, 0.1) is 0 Å². The lowest BCUT2D eigenvalue weighted by molar-refractivity contribution is 0.147. The van der Waals surface area contributed by atoms with Crippen LogP contribution in [-0.4, -0.2) is 37.1 Å². The molecule has 0 saturated carbocycles. The van der Waals surface area contributed by atoms with Crippen molar-refractivity contribution in [2.75, 3.05) is 26.2 Å². The molecule has 0 bridgehead atoms. The topological polar surface area (TPSA) is 15.3 Å². The van der Waals surface area contributed by atoms with Gasteiger partial charge in [-0.3, -0.25) is 4.90 Å². The van der Waals surface area contributed by atoms with Gasteiger partial charge in [-0.2, -0.15) is 0 Å². The highest BCUT2D eigenvalue weighted by Gasteiger charge is 2.20. The van der Waals surface area contributed by atoms with Crippen molar-refractivity contribution in [2.45, 2.75) is 76.7 Å². The van der Waals surface area contributed by atoms with Crippen LogP contribution in [0.4, 0.5) is 0 Å². The zero-order valence-electron chi connectivity index (χ0n) is 12.1. The van der Waals surface area contributed by atoms with Gasteiger partial charge in [0.05, 0.1) is 0 Å². The molecule has 2 heteroatoms. The van der Waals surface area contributed by atoms with Gasteiger partial charge in [-0.25, -0.2) is 0 Å². The minimum Gasteiger partial charge on any atom is -0.314 e. The van der Waals surface area contributed by atoms with E-state index in [1.165, 1.54) is 96.8 Å². The molecule has 0 spiro atoms. The van der Waals surface area contributed by atoms with Crippen LogP contribution in [0.2, 0.25) is 0 Å². The molecule has 1 N–H and O–H groups in total. The summed E-state index contributed by atoms with van der Waals surface area (Å²) in [5.41, 5.74) is 0. The maximum atomic E-state index is 3.58. The van der Waals surface area contributed by atoms with Gasteiger partial charge in [0.25, 0.3) is 0 Å². The normalized spacial score (nSPS) is 30.3. The Morgan fingerprint density at radius 1 is 0.667 bits per heavy atom. The highest BCUT2D eigenvalue weighted by atomic mass is 15.2. The fourth-order valence-corrected chi connectivity index (χ4v) is 3.49. The number of hydrogen-bond acceptors (Lipinski definition) is 2. The fraction of sp³-hybridized carbons (Fsp3) is 1.00. The van der Waals surface area contributed by atoms with E-state index in [0.29, 0.717) is 0 Å². The molecule has 2 aliphatic heterocycles. The van der Waals surface area contributed by atoms with Crippen LogP contribution in [-0.2, 0) is 0 Å². The Balaban J connectivity index is 1.75. The van der Waals surface area contributed by atoms with Gasteiger partial charge in [0.2, 0.25) is 0 Å². The molecule has 0 radical (unpaired) electrons. The summed E-state index contributed by atoms with van der Waals surface area (Å²) >= 11 is 0. The van der Waals surface area contributed by atoms with Crippen LogP contribution in [0.1, 0.15) is 70.6 Å². The lowest BCUT2D eigenvalue weighted by atomic mass is 10.0. The standard InChI is InChI=1S/C16H32N2/c1-2-4-6-8-10-13-18-14-12-17-15-16(18)11-9-7-5-3-1/h16-17H,1-15H2. The number of nitrogens with one attached hydrogen (secondary N) is 1. The molecular formula is C16H32N2.